The molecule has 3 unspecified atom stereocenters. The Morgan fingerprint density at radius 3 is 2.71 bits per heavy atom. The first-order valence-corrected chi connectivity index (χ1v) is 7.15. The van der Waals surface area contributed by atoms with Crippen LogP contribution in [-0.4, -0.2) is 48.3 Å². The minimum Gasteiger partial charge on any atom is -0.374 e. The van der Waals surface area contributed by atoms with Crippen molar-refractivity contribution in [1.29, 1.82) is 0 Å². The molecule has 2 fully saturated rings. The van der Waals surface area contributed by atoms with E-state index in [9.17, 15) is 0 Å². The van der Waals surface area contributed by atoms with Gasteiger partial charge in [0.25, 0.3) is 0 Å². The molecule has 3 nitrogen and oxygen atoms in total. The van der Waals surface area contributed by atoms with Crippen LogP contribution < -0.4 is 5.32 Å². The molecule has 0 saturated carbocycles. The zero-order valence-electron chi connectivity index (χ0n) is 11.8. The monoisotopic (exact) mass is 240 g/mol. The van der Waals surface area contributed by atoms with Gasteiger partial charge in [0, 0.05) is 31.2 Å². The summed E-state index contributed by atoms with van der Waals surface area (Å²) < 4.78 is 5.96. The zero-order valence-corrected chi connectivity index (χ0v) is 11.8. The fourth-order valence-electron chi connectivity index (χ4n) is 2.94. The van der Waals surface area contributed by atoms with Crippen molar-refractivity contribution in [2.75, 3.05) is 19.6 Å². The molecule has 3 heteroatoms. The number of hydrogen-bond acceptors (Lipinski definition) is 3. The highest BCUT2D eigenvalue weighted by atomic mass is 16.5. The maximum atomic E-state index is 5.96. The second-order valence-electron chi connectivity index (χ2n) is 6.35. The number of nitrogens with zero attached hydrogens (tertiary/aromatic N) is 1. The topological polar surface area (TPSA) is 24.5 Å². The average Bonchev–Trinajstić information content (AvgIpc) is 2.67. The van der Waals surface area contributed by atoms with Gasteiger partial charge in [0.05, 0.1) is 12.2 Å². The molecule has 0 aromatic rings. The van der Waals surface area contributed by atoms with Crippen LogP contribution in [0.5, 0.6) is 0 Å². The third-order valence-electron chi connectivity index (χ3n) is 4.36. The second-order valence-corrected chi connectivity index (χ2v) is 6.35. The Balaban J connectivity index is 1.91. The second kappa shape index (κ2) is 5.25. The van der Waals surface area contributed by atoms with Crippen molar-refractivity contribution in [2.45, 2.75) is 70.7 Å². The Kier molecular flexibility index (Phi) is 4.11. The summed E-state index contributed by atoms with van der Waals surface area (Å²) in [6, 6.07) is 0.654. The first-order valence-electron chi connectivity index (χ1n) is 7.15. The number of rotatable bonds is 3. The van der Waals surface area contributed by atoms with Gasteiger partial charge in [-0.2, -0.15) is 0 Å². The summed E-state index contributed by atoms with van der Waals surface area (Å²) in [6.07, 6.45) is 4.61. The van der Waals surface area contributed by atoms with E-state index in [4.69, 9.17) is 4.74 Å². The molecule has 2 rings (SSSR count). The molecule has 100 valence electrons. The van der Waals surface area contributed by atoms with Gasteiger partial charge >= 0.3 is 0 Å². The van der Waals surface area contributed by atoms with Crippen LogP contribution in [0.25, 0.3) is 0 Å². The Bertz CT molecular complexity index is 255. The Morgan fingerprint density at radius 2 is 2.12 bits per heavy atom. The van der Waals surface area contributed by atoms with E-state index < -0.39 is 0 Å². The molecule has 17 heavy (non-hydrogen) atoms. The lowest BCUT2D eigenvalue weighted by molar-refractivity contribution is -0.0115. The highest BCUT2D eigenvalue weighted by Crippen LogP contribution is 2.25. The van der Waals surface area contributed by atoms with E-state index in [2.05, 4.69) is 37.9 Å². The van der Waals surface area contributed by atoms with Crippen molar-refractivity contribution in [2.24, 2.45) is 0 Å². The van der Waals surface area contributed by atoms with Crippen LogP contribution in [0.1, 0.15) is 47.0 Å². The lowest BCUT2D eigenvalue weighted by Crippen LogP contribution is -2.63. The maximum absolute atomic E-state index is 5.96. The normalized spacial score (nSPS) is 38.5. The van der Waals surface area contributed by atoms with E-state index in [0.29, 0.717) is 18.2 Å². The molecule has 3 atom stereocenters. The molecule has 0 bridgehead atoms. The molecule has 0 spiro atoms. The first-order chi connectivity index (χ1) is 8.01. The summed E-state index contributed by atoms with van der Waals surface area (Å²) in [5, 5.41) is 3.64. The summed E-state index contributed by atoms with van der Waals surface area (Å²) in [7, 11) is 0. The van der Waals surface area contributed by atoms with E-state index in [1.54, 1.807) is 0 Å². The van der Waals surface area contributed by atoms with E-state index in [1.807, 2.05) is 0 Å². The minimum atomic E-state index is 0.265. The molecule has 1 N–H and O–H groups in total. The smallest absolute Gasteiger partial charge is 0.0706 e. The van der Waals surface area contributed by atoms with Gasteiger partial charge in [-0.3, -0.25) is 4.90 Å². The minimum absolute atomic E-state index is 0.265. The zero-order chi connectivity index (χ0) is 12.5. The molecule has 0 radical (unpaired) electrons. The Hall–Kier alpha value is -0.120. The predicted molar refractivity (Wildman–Crippen MR) is 71.3 cm³/mol. The van der Waals surface area contributed by atoms with Gasteiger partial charge in [0.2, 0.25) is 0 Å². The van der Waals surface area contributed by atoms with E-state index in [0.717, 1.165) is 19.6 Å². The largest absolute Gasteiger partial charge is 0.374 e. The van der Waals surface area contributed by atoms with Crippen LogP contribution in [-0.2, 0) is 4.74 Å². The van der Waals surface area contributed by atoms with Crippen molar-refractivity contribution in [3.8, 4) is 0 Å². The molecule has 0 aromatic carbocycles. The highest BCUT2D eigenvalue weighted by Gasteiger charge is 2.35. The maximum Gasteiger partial charge on any atom is 0.0706 e. The van der Waals surface area contributed by atoms with Gasteiger partial charge in [-0.25, -0.2) is 0 Å². The quantitative estimate of drug-likeness (QED) is 0.817. The Labute approximate surface area is 106 Å². The van der Waals surface area contributed by atoms with Gasteiger partial charge < -0.3 is 10.1 Å². The van der Waals surface area contributed by atoms with Gasteiger partial charge in [-0.05, 0) is 40.0 Å². The predicted octanol–water partition coefficient (Wildman–Crippen LogP) is 2.02. The van der Waals surface area contributed by atoms with E-state index in [1.165, 1.54) is 19.3 Å². The SMILES string of the molecule is CCC1CN(CC2CCC(C)O2)C(C)(C)CN1. The number of ether oxygens (including phenoxy) is 1. The summed E-state index contributed by atoms with van der Waals surface area (Å²) in [4.78, 5) is 2.63. The number of piperazine rings is 1. The van der Waals surface area contributed by atoms with Crippen molar-refractivity contribution in [3.05, 3.63) is 0 Å². The highest BCUT2D eigenvalue weighted by molar-refractivity contribution is 4.94. The molecule has 2 aliphatic rings. The van der Waals surface area contributed by atoms with E-state index in [-0.39, 0.29) is 5.54 Å². The summed E-state index contributed by atoms with van der Waals surface area (Å²) in [6.45, 7) is 12.5. The average molecular weight is 240 g/mol. The molecular weight excluding hydrogens is 212 g/mol. The van der Waals surface area contributed by atoms with Crippen LogP contribution in [0.15, 0.2) is 0 Å². The van der Waals surface area contributed by atoms with Crippen LogP contribution in [0.2, 0.25) is 0 Å². The van der Waals surface area contributed by atoms with Crippen molar-refractivity contribution in [3.63, 3.8) is 0 Å². The van der Waals surface area contributed by atoms with Crippen molar-refractivity contribution >= 4 is 0 Å². The molecular formula is C14H28N2O. The lowest BCUT2D eigenvalue weighted by atomic mass is 9.95. The van der Waals surface area contributed by atoms with Crippen LogP contribution in [0.4, 0.5) is 0 Å². The van der Waals surface area contributed by atoms with Crippen LogP contribution in [0.3, 0.4) is 0 Å². The fraction of sp³-hybridized carbons (Fsp3) is 1.00. The van der Waals surface area contributed by atoms with Gasteiger partial charge in [0.1, 0.15) is 0 Å². The van der Waals surface area contributed by atoms with Crippen LogP contribution >= 0.6 is 0 Å². The molecule has 2 saturated heterocycles. The molecule has 2 heterocycles. The van der Waals surface area contributed by atoms with Crippen molar-refractivity contribution < 1.29 is 4.74 Å². The van der Waals surface area contributed by atoms with Gasteiger partial charge in [0.15, 0.2) is 0 Å². The standard InChI is InChI=1S/C14H28N2O/c1-5-12-8-16(14(3,4)10-15-12)9-13-7-6-11(2)17-13/h11-13,15H,5-10H2,1-4H3. The summed E-state index contributed by atoms with van der Waals surface area (Å²) in [5.41, 5.74) is 0.265. The summed E-state index contributed by atoms with van der Waals surface area (Å²) >= 11 is 0. The van der Waals surface area contributed by atoms with E-state index >= 15 is 0 Å². The number of hydrogen-bond donors (Lipinski definition) is 1. The summed E-state index contributed by atoms with van der Waals surface area (Å²) in [5.74, 6) is 0. The van der Waals surface area contributed by atoms with Crippen molar-refractivity contribution in [1.82, 2.24) is 10.2 Å². The first kappa shape index (κ1) is 13.3. The van der Waals surface area contributed by atoms with Gasteiger partial charge in [-0.15, -0.1) is 0 Å². The fourth-order valence-corrected chi connectivity index (χ4v) is 2.94. The molecule has 0 amide bonds. The molecule has 0 aromatic heterocycles. The lowest BCUT2D eigenvalue weighted by Gasteiger charge is -2.47. The Morgan fingerprint density at radius 1 is 1.35 bits per heavy atom. The third kappa shape index (κ3) is 3.21. The molecule has 2 aliphatic heterocycles. The number of nitrogens with one attached hydrogen (secondary N) is 1. The van der Waals surface area contributed by atoms with Crippen LogP contribution in [0, 0.1) is 0 Å². The molecule has 0 aliphatic carbocycles. The third-order valence-corrected chi connectivity index (χ3v) is 4.36. The van der Waals surface area contributed by atoms with Gasteiger partial charge in [-0.1, -0.05) is 6.92 Å².